The van der Waals surface area contributed by atoms with E-state index in [9.17, 15) is 9.59 Å². The van der Waals surface area contributed by atoms with Gasteiger partial charge in [0, 0.05) is 13.1 Å². The normalized spacial score (nSPS) is 10.7. The summed E-state index contributed by atoms with van der Waals surface area (Å²) in [4.78, 5) is 28.5. The van der Waals surface area contributed by atoms with Crippen LogP contribution in [0, 0.1) is 0 Å². The third-order valence-corrected chi connectivity index (χ3v) is 4.48. The molecule has 0 N–H and O–H groups in total. The summed E-state index contributed by atoms with van der Waals surface area (Å²) in [5.41, 5.74) is 0.517. The summed E-state index contributed by atoms with van der Waals surface area (Å²) < 4.78 is 10.0. The summed E-state index contributed by atoms with van der Waals surface area (Å²) >= 11 is 0. The van der Waals surface area contributed by atoms with E-state index in [4.69, 9.17) is 9.47 Å². The minimum atomic E-state index is -0.314. The molecule has 0 aliphatic carbocycles. The number of carbonyl (C=O) groups is 2. The Morgan fingerprint density at radius 3 is 2.23 bits per heavy atom. The highest BCUT2D eigenvalue weighted by molar-refractivity contribution is 5.97. The first-order chi connectivity index (χ1) is 12.6. The Hall–Kier alpha value is -2.08. The largest absolute Gasteiger partial charge is 0.496 e. The Balaban J connectivity index is 2.74. The smallest absolute Gasteiger partial charge is 0.307 e. The third kappa shape index (κ3) is 7.04. The summed E-state index contributed by atoms with van der Waals surface area (Å²) in [5, 5.41) is 0. The molecule has 1 aromatic carbocycles. The number of unbranched alkanes of at least 4 members (excludes halogenated alkanes) is 1. The van der Waals surface area contributed by atoms with Crippen LogP contribution in [0.4, 0.5) is 0 Å². The highest BCUT2D eigenvalue weighted by Crippen LogP contribution is 2.20. The maximum atomic E-state index is 12.9. The van der Waals surface area contributed by atoms with Crippen LogP contribution in [0.2, 0.25) is 0 Å². The van der Waals surface area contributed by atoms with Crippen LogP contribution >= 0.6 is 0 Å². The van der Waals surface area contributed by atoms with Crippen LogP contribution in [0.25, 0.3) is 0 Å². The average Bonchev–Trinajstić information content (AvgIpc) is 2.69. The van der Waals surface area contributed by atoms with Gasteiger partial charge in [0.1, 0.15) is 5.75 Å². The fraction of sp³-hybridized carbons (Fsp3) is 0.600. The van der Waals surface area contributed by atoms with Gasteiger partial charge in [-0.3, -0.25) is 9.59 Å². The number of nitrogens with zero attached hydrogens (tertiary/aromatic N) is 2. The molecule has 1 amide bonds. The molecule has 146 valence electrons. The Morgan fingerprint density at radius 2 is 1.62 bits per heavy atom. The summed E-state index contributed by atoms with van der Waals surface area (Å²) in [5.74, 6) is 0.115. The van der Waals surface area contributed by atoms with Crippen molar-refractivity contribution < 1.29 is 19.1 Å². The average molecular weight is 364 g/mol. The van der Waals surface area contributed by atoms with Crippen LogP contribution in [0.15, 0.2) is 24.3 Å². The lowest BCUT2D eigenvalue weighted by molar-refractivity contribution is -0.140. The molecule has 0 saturated carbocycles. The number of benzene rings is 1. The van der Waals surface area contributed by atoms with Crippen molar-refractivity contribution >= 4 is 11.9 Å². The van der Waals surface area contributed by atoms with Gasteiger partial charge >= 0.3 is 5.97 Å². The fourth-order valence-corrected chi connectivity index (χ4v) is 2.81. The lowest BCUT2D eigenvalue weighted by Gasteiger charge is -2.24. The van der Waals surface area contributed by atoms with Gasteiger partial charge in [-0.25, -0.2) is 0 Å². The van der Waals surface area contributed by atoms with E-state index < -0.39 is 0 Å². The second-order valence-electron chi connectivity index (χ2n) is 6.05. The van der Waals surface area contributed by atoms with Gasteiger partial charge in [0.2, 0.25) is 0 Å². The van der Waals surface area contributed by atoms with Gasteiger partial charge in [-0.15, -0.1) is 0 Å². The number of para-hydroxylation sites is 1. The lowest BCUT2D eigenvalue weighted by Crippen LogP contribution is -2.35. The maximum Gasteiger partial charge on any atom is 0.307 e. The van der Waals surface area contributed by atoms with Gasteiger partial charge in [-0.05, 0) is 44.6 Å². The number of hydrogen-bond donors (Lipinski definition) is 0. The van der Waals surface area contributed by atoms with Gasteiger partial charge in [-0.1, -0.05) is 26.0 Å². The first kappa shape index (κ1) is 22.0. The Labute approximate surface area is 157 Å². The molecule has 0 fully saturated rings. The van der Waals surface area contributed by atoms with Crippen molar-refractivity contribution in [1.29, 1.82) is 0 Å². The molecule has 1 rings (SSSR count). The zero-order chi connectivity index (χ0) is 19.4. The van der Waals surface area contributed by atoms with Gasteiger partial charge in [-0.2, -0.15) is 0 Å². The SMILES string of the molecule is CCN(CC)CCCCN(CCC(=O)OC)C(=O)c1ccccc1OC. The van der Waals surface area contributed by atoms with Crippen molar-refractivity contribution in [2.75, 3.05) is 46.9 Å². The standard InChI is InChI=1S/C20H32N2O4/c1-5-21(6-2)14-9-10-15-22(16-13-19(23)26-4)20(24)17-11-7-8-12-18(17)25-3/h7-8,11-12H,5-6,9-10,13-16H2,1-4H3. The van der Waals surface area contributed by atoms with E-state index >= 15 is 0 Å². The molecule has 0 unspecified atom stereocenters. The van der Waals surface area contributed by atoms with Crippen LogP contribution in [-0.4, -0.2) is 68.6 Å². The van der Waals surface area contributed by atoms with E-state index in [0.29, 0.717) is 24.4 Å². The zero-order valence-corrected chi connectivity index (χ0v) is 16.5. The van der Waals surface area contributed by atoms with E-state index in [2.05, 4.69) is 18.7 Å². The van der Waals surface area contributed by atoms with Crippen LogP contribution in [0.5, 0.6) is 5.75 Å². The van der Waals surface area contributed by atoms with Crippen molar-refractivity contribution in [1.82, 2.24) is 9.80 Å². The second-order valence-corrected chi connectivity index (χ2v) is 6.05. The molecule has 0 heterocycles. The number of rotatable bonds is 12. The molecule has 0 radical (unpaired) electrons. The number of esters is 1. The number of carbonyl (C=O) groups excluding carboxylic acids is 2. The van der Waals surface area contributed by atoms with Crippen LogP contribution < -0.4 is 4.74 Å². The third-order valence-electron chi connectivity index (χ3n) is 4.48. The summed E-state index contributed by atoms with van der Waals surface area (Å²) in [6.45, 7) is 8.32. The van der Waals surface area contributed by atoms with Crippen molar-refractivity contribution in [2.45, 2.75) is 33.1 Å². The van der Waals surface area contributed by atoms with Crippen LogP contribution in [-0.2, 0) is 9.53 Å². The Bertz CT molecular complexity index is 558. The van der Waals surface area contributed by atoms with Gasteiger partial charge < -0.3 is 19.3 Å². The van der Waals surface area contributed by atoms with Crippen molar-refractivity contribution in [3.63, 3.8) is 0 Å². The minimum absolute atomic E-state index is 0.116. The van der Waals surface area contributed by atoms with E-state index in [-0.39, 0.29) is 18.3 Å². The van der Waals surface area contributed by atoms with E-state index in [1.807, 2.05) is 12.1 Å². The Kier molecular flexibility index (Phi) is 10.4. The van der Waals surface area contributed by atoms with Gasteiger partial charge in [0.25, 0.3) is 5.91 Å². The van der Waals surface area contributed by atoms with E-state index in [1.54, 1.807) is 24.1 Å². The van der Waals surface area contributed by atoms with Crippen molar-refractivity contribution in [2.24, 2.45) is 0 Å². The van der Waals surface area contributed by atoms with Crippen molar-refractivity contribution in [3.05, 3.63) is 29.8 Å². The minimum Gasteiger partial charge on any atom is -0.496 e. The number of methoxy groups -OCH3 is 2. The Morgan fingerprint density at radius 1 is 0.962 bits per heavy atom. The molecule has 0 aliphatic rings. The molecule has 0 atom stereocenters. The monoisotopic (exact) mass is 364 g/mol. The lowest BCUT2D eigenvalue weighted by atomic mass is 10.1. The maximum absolute atomic E-state index is 12.9. The number of ether oxygens (including phenoxy) is 2. The van der Waals surface area contributed by atoms with E-state index in [1.165, 1.54) is 7.11 Å². The molecule has 26 heavy (non-hydrogen) atoms. The van der Waals surface area contributed by atoms with Crippen LogP contribution in [0.3, 0.4) is 0 Å². The quantitative estimate of drug-likeness (QED) is 0.422. The first-order valence-electron chi connectivity index (χ1n) is 9.28. The molecule has 0 aliphatic heterocycles. The first-order valence-corrected chi connectivity index (χ1v) is 9.28. The van der Waals surface area contributed by atoms with Crippen LogP contribution in [0.1, 0.15) is 43.5 Å². The number of hydrogen-bond acceptors (Lipinski definition) is 5. The zero-order valence-electron chi connectivity index (χ0n) is 16.5. The highest BCUT2D eigenvalue weighted by atomic mass is 16.5. The topological polar surface area (TPSA) is 59.1 Å². The second kappa shape index (κ2) is 12.3. The molecule has 6 nitrogen and oxygen atoms in total. The summed E-state index contributed by atoms with van der Waals surface area (Å²) in [7, 11) is 2.91. The van der Waals surface area contributed by atoms with E-state index in [0.717, 1.165) is 32.5 Å². The predicted octanol–water partition coefficient (Wildman–Crippen LogP) is 2.82. The molecular formula is C20H32N2O4. The molecule has 1 aromatic rings. The molecule has 6 heteroatoms. The van der Waals surface area contributed by atoms with Gasteiger partial charge in [0.05, 0.1) is 26.2 Å². The molecule has 0 saturated heterocycles. The summed E-state index contributed by atoms with van der Waals surface area (Å²) in [6.07, 6.45) is 2.08. The fourth-order valence-electron chi connectivity index (χ4n) is 2.81. The molecule has 0 aromatic heterocycles. The molecule has 0 spiro atoms. The predicted molar refractivity (Wildman–Crippen MR) is 103 cm³/mol. The van der Waals surface area contributed by atoms with Crippen molar-refractivity contribution in [3.8, 4) is 5.75 Å². The molecular weight excluding hydrogens is 332 g/mol. The summed E-state index contributed by atoms with van der Waals surface area (Å²) in [6, 6.07) is 7.17. The number of amides is 1. The van der Waals surface area contributed by atoms with Gasteiger partial charge in [0.15, 0.2) is 0 Å². The highest BCUT2D eigenvalue weighted by Gasteiger charge is 2.20. The molecule has 0 bridgehead atoms.